The van der Waals surface area contributed by atoms with E-state index in [0.717, 1.165) is 29.6 Å². The summed E-state index contributed by atoms with van der Waals surface area (Å²) in [6.45, 7) is 6.88. The van der Waals surface area contributed by atoms with Crippen LogP contribution in [0.3, 0.4) is 0 Å². The van der Waals surface area contributed by atoms with Crippen molar-refractivity contribution in [2.24, 2.45) is 0 Å². The Kier molecular flexibility index (Phi) is 5.68. The highest BCUT2D eigenvalue weighted by atomic mass is 32.2. The van der Waals surface area contributed by atoms with E-state index < -0.39 is 0 Å². The van der Waals surface area contributed by atoms with Crippen LogP contribution < -0.4 is 14.4 Å². The molecule has 2 aromatic rings. The molecule has 5 nitrogen and oxygen atoms in total. The topological polar surface area (TPSA) is 47.5 Å². The number of nitrogens with zero attached hydrogens (tertiary/aromatic N) is 3. The molecule has 1 aliphatic rings. The summed E-state index contributed by atoms with van der Waals surface area (Å²) in [7, 11) is 1.64. The Morgan fingerprint density at radius 1 is 1.24 bits per heavy atom. The van der Waals surface area contributed by atoms with Crippen LogP contribution in [0, 0.1) is 6.92 Å². The second-order valence-electron chi connectivity index (χ2n) is 5.98. The SMILES string of the molecule is CCOc1ccc(N2CSC(CC)C2c2ccc(OC)nc2)nc1C. The molecule has 3 heterocycles. The zero-order chi connectivity index (χ0) is 17.8. The van der Waals surface area contributed by atoms with Crippen LogP contribution >= 0.6 is 11.8 Å². The molecular formula is C19H25N3O2S. The fraction of sp³-hybridized carbons (Fsp3) is 0.474. The molecule has 1 aliphatic heterocycles. The molecule has 134 valence electrons. The van der Waals surface area contributed by atoms with E-state index in [4.69, 9.17) is 14.5 Å². The molecule has 0 aliphatic carbocycles. The number of hydrogen-bond donors (Lipinski definition) is 0. The Balaban J connectivity index is 1.92. The fourth-order valence-electron chi connectivity index (χ4n) is 3.18. The summed E-state index contributed by atoms with van der Waals surface area (Å²) in [6, 6.07) is 8.38. The molecule has 1 saturated heterocycles. The molecule has 0 saturated carbocycles. The lowest BCUT2D eigenvalue weighted by molar-refractivity contribution is 0.336. The summed E-state index contributed by atoms with van der Waals surface area (Å²) in [5, 5.41) is 0.517. The molecule has 2 unspecified atom stereocenters. The van der Waals surface area contributed by atoms with Gasteiger partial charge < -0.3 is 14.4 Å². The van der Waals surface area contributed by atoms with Crippen LogP contribution in [-0.2, 0) is 0 Å². The highest BCUT2D eigenvalue weighted by Gasteiger charge is 2.36. The molecule has 0 N–H and O–H groups in total. The van der Waals surface area contributed by atoms with Crippen LogP contribution in [0.15, 0.2) is 30.5 Å². The molecule has 0 bridgehead atoms. The van der Waals surface area contributed by atoms with Gasteiger partial charge in [0.1, 0.15) is 11.6 Å². The van der Waals surface area contributed by atoms with E-state index in [1.807, 2.05) is 43.9 Å². The number of ether oxygens (including phenoxy) is 2. The van der Waals surface area contributed by atoms with Crippen LogP contribution in [0.5, 0.6) is 11.6 Å². The van der Waals surface area contributed by atoms with Crippen LogP contribution in [0.2, 0.25) is 0 Å². The van der Waals surface area contributed by atoms with Gasteiger partial charge in [0.05, 0.1) is 31.3 Å². The molecule has 0 aromatic carbocycles. The molecular weight excluding hydrogens is 334 g/mol. The monoisotopic (exact) mass is 359 g/mol. The lowest BCUT2D eigenvalue weighted by Crippen LogP contribution is -2.28. The molecule has 2 aromatic heterocycles. The van der Waals surface area contributed by atoms with Gasteiger partial charge in [0.15, 0.2) is 0 Å². The number of hydrogen-bond acceptors (Lipinski definition) is 6. The molecule has 25 heavy (non-hydrogen) atoms. The summed E-state index contributed by atoms with van der Waals surface area (Å²) >= 11 is 1.97. The Labute approximate surface area is 153 Å². The second kappa shape index (κ2) is 7.95. The molecule has 3 rings (SSSR count). The Hall–Kier alpha value is -1.95. The van der Waals surface area contributed by atoms with Crippen LogP contribution in [0.1, 0.15) is 37.6 Å². The largest absolute Gasteiger partial charge is 0.492 e. The number of aryl methyl sites for hydroxylation is 1. The first kappa shape index (κ1) is 17.9. The lowest BCUT2D eigenvalue weighted by atomic mass is 10.0. The van der Waals surface area contributed by atoms with E-state index >= 15 is 0 Å². The number of pyridine rings is 2. The molecule has 0 radical (unpaired) electrons. The number of aromatic nitrogens is 2. The molecule has 6 heteroatoms. The van der Waals surface area contributed by atoms with Crippen molar-refractivity contribution in [1.82, 2.24) is 9.97 Å². The number of rotatable bonds is 6. The summed E-state index contributed by atoms with van der Waals surface area (Å²) < 4.78 is 10.8. The predicted molar refractivity (Wildman–Crippen MR) is 103 cm³/mol. The van der Waals surface area contributed by atoms with Gasteiger partial charge in [-0.05, 0) is 38.0 Å². The maximum Gasteiger partial charge on any atom is 0.212 e. The summed E-state index contributed by atoms with van der Waals surface area (Å²) in [6.07, 6.45) is 3.03. The zero-order valence-corrected chi connectivity index (χ0v) is 16.0. The van der Waals surface area contributed by atoms with Gasteiger partial charge in [-0.25, -0.2) is 9.97 Å². The molecule has 1 fully saturated rings. The van der Waals surface area contributed by atoms with Gasteiger partial charge >= 0.3 is 0 Å². The standard InChI is InChI=1S/C19H25N3O2S/c1-5-16-19(14-7-10-18(23-4)20-11-14)22(12-25-16)17-9-8-15(24-6-2)13(3)21-17/h7-11,16,19H,5-6,12H2,1-4H3. The summed E-state index contributed by atoms with van der Waals surface area (Å²) in [5.74, 6) is 3.41. The van der Waals surface area contributed by atoms with E-state index in [9.17, 15) is 0 Å². The smallest absolute Gasteiger partial charge is 0.212 e. The van der Waals surface area contributed by atoms with Crippen molar-refractivity contribution in [3.8, 4) is 11.6 Å². The van der Waals surface area contributed by atoms with Crippen molar-refractivity contribution >= 4 is 17.6 Å². The van der Waals surface area contributed by atoms with Gasteiger partial charge in [-0.1, -0.05) is 13.0 Å². The van der Waals surface area contributed by atoms with E-state index in [1.165, 1.54) is 5.56 Å². The first-order valence-corrected chi connectivity index (χ1v) is 9.71. The van der Waals surface area contributed by atoms with Gasteiger partial charge in [0, 0.05) is 17.5 Å². The summed E-state index contributed by atoms with van der Waals surface area (Å²) in [5.41, 5.74) is 2.13. The molecule has 0 amide bonds. The van der Waals surface area contributed by atoms with Crippen molar-refractivity contribution in [1.29, 1.82) is 0 Å². The van der Waals surface area contributed by atoms with Gasteiger partial charge in [-0.15, -0.1) is 11.8 Å². The maximum absolute atomic E-state index is 5.62. The second-order valence-corrected chi connectivity index (χ2v) is 7.17. The van der Waals surface area contributed by atoms with E-state index in [2.05, 4.69) is 28.9 Å². The Bertz CT molecular complexity index is 708. The first-order valence-electron chi connectivity index (χ1n) is 8.66. The minimum Gasteiger partial charge on any atom is -0.492 e. The van der Waals surface area contributed by atoms with Crippen LogP contribution in [-0.4, -0.2) is 34.8 Å². The van der Waals surface area contributed by atoms with Crippen LogP contribution in [0.4, 0.5) is 5.82 Å². The first-order chi connectivity index (χ1) is 12.2. The van der Waals surface area contributed by atoms with E-state index in [-0.39, 0.29) is 6.04 Å². The van der Waals surface area contributed by atoms with Crippen molar-refractivity contribution in [3.63, 3.8) is 0 Å². The van der Waals surface area contributed by atoms with Crippen molar-refractivity contribution in [2.45, 2.75) is 38.5 Å². The van der Waals surface area contributed by atoms with Gasteiger partial charge in [0.25, 0.3) is 0 Å². The maximum atomic E-state index is 5.62. The zero-order valence-electron chi connectivity index (χ0n) is 15.2. The number of anilines is 1. The minimum absolute atomic E-state index is 0.262. The minimum atomic E-state index is 0.262. The normalized spacial score (nSPS) is 19.9. The van der Waals surface area contributed by atoms with Gasteiger partial charge in [-0.3, -0.25) is 0 Å². The third-order valence-electron chi connectivity index (χ3n) is 4.44. The van der Waals surface area contributed by atoms with Crippen molar-refractivity contribution in [2.75, 3.05) is 24.5 Å². The fourth-order valence-corrected chi connectivity index (χ4v) is 4.55. The third kappa shape index (κ3) is 3.68. The Morgan fingerprint density at radius 2 is 2.08 bits per heavy atom. The lowest BCUT2D eigenvalue weighted by Gasteiger charge is -2.28. The third-order valence-corrected chi connectivity index (χ3v) is 5.89. The highest BCUT2D eigenvalue weighted by Crippen LogP contribution is 2.44. The summed E-state index contributed by atoms with van der Waals surface area (Å²) in [4.78, 5) is 11.6. The van der Waals surface area contributed by atoms with Gasteiger partial charge in [0.2, 0.25) is 5.88 Å². The average Bonchev–Trinajstić information content (AvgIpc) is 3.07. The van der Waals surface area contributed by atoms with Crippen molar-refractivity contribution < 1.29 is 9.47 Å². The van der Waals surface area contributed by atoms with E-state index in [0.29, 0.717) is 17.7 Å². The van der Waals surface area contributed by atoms with Crippen molar-refractivity contribution in [3.05, 3.63) is 41.7 Å². The average molecular weight is 359 g/mol. The number of methoxy groups -OCH3 is 1. The van der Waals surface area contributed by atoms with E-state index in [1.54, 1.807) is 7.11 Å². The highest BCUT2D eigenvalue weighted by molar-refractivity contribution is 8.00. The molecule has 2 atom stereocenters. The number of thioether (sulfide) groups is 1. The quantitative estimate of drug-likeness (QED) is 0.769. The predicted octanol–water partition coefficient (Wildman–Crippen LogP) is 4.22. The van der Waals surface area contributed by atoms with Gasteiger partial charge in [-0.2, -0.15) is 0 Å². The molecule has 0 spiro atoms. The van der Waals surface area contributed by atoms with Crippen LogP contribution in [0.25, 0.3) is 0 Å². The Morgan fingerprint density at radius 3 is 2.68 bits per heavy atom.